The Kier molecular flexibility index (Phi) is 5.25. The predicted molar refractivity (Wildman–Crippen MR) is 93.3 cm³/mol. The van der Waals surface area contributed by atoms with Crippen LogP contribution < -0.4 is 10.6 Å². The molecule has 1 amide bonds. The van der Waals surface area contributed by atoms with E-state index in [0.717, 1.165) is 36.4 Å². The number of amides is 1. The van der Waals surface area contributed by atoms with Crippen LogP contribution in [0.15, 0.2) is 60.8 Å². The molecule has 0 unspecified atom stereocenters. The van der Waals surface area contributed by atoms with E-state index in [1.54, 1.807) is 0 Å². The van der Waals surface area contributed by atoms with Gasteiger partial charge in [0.1, 0.15) is 23.1 Å². The number of carbonyl (C=O) groups excluding carboxylic acids is 1. The van der Waals surface area contributed by atoms with E-state index >= 15 is 0 Å². The second kappa shape index (κ2) is 7.63. The standard InChI is InChI=1S/C19H12F5N3O/c20-14-2-1-3-15(21)17(14)27-16-9-4-11(10-25-16)18(28)26-13-7-5-12(6-8-13)19(22,23)24/h1-10H,(H,25,27)(H,26,28). The largest absolute Gasteiger partial charge is 0.416 e. The van der Waals surface area contributed by atoms with Gasteiger partial charge in [-0.05, 0) is 48.5 Å². The summed E-state index contributed by atoms with van der Waals surface area (Å²) in [5.74, 6) is -2.09. The summed E-state index contributed by atoms with van der Waals surface area (Å²) in [7, 11) is 0. The minimum absolute atomic E-state index is 0.107. The number of hydrogen-bond donors (Lipinski definition) is 2. The Hall–Kier alpha value is -3.49. The van der Waals surface area contributed by atoms with Crippen LogP contribution in [0.2, 0.25) is 0 Å². The van der Waals surface area contributed by atoms with Crippen LogP contribution >= 0.6 is 0 Å². The third kappa shape index (κ3) is 4.43. The first-order chi connectivity index (χ1) is 13.2. The quantitative estimate of drug-likeness (QED) is 0.586. The van der Waals surface area contributed by atoms with Crippen LogP contribution in [0, 0.1) is 11.6 Å². The zero-order valence-corrected chi connectivity index (χ0v) is 14.0. The Morgan fingerprint density at radius 2 is 1.54 bits per heavy atom. The lowest BCUT2D eigenvalue weighted by Crippen LogP contribution is -2.13. The van der Waals surface area contributed by atoms with Crippen LogP contribution in [0.4, 0.5) is 39.1 Å². The lowest BCUT2D eigenvalue weighted by molar-refractivity contribution is -0.137. The van der Waals surface area contributed by atoms with Gasteiger partial charge in [-0.15, -0.1) is 0 Å². The molecule has 0 saturated heterocycles. The molecule has 4 nitrogen and oxygen atoms in total. The highest BCUT2D eigenvalue weighted by molar-refractivity contribution is 6.04. The predicted octanol–water partition coefficient (Wildman–Crippen LogP) is 5.37. The molecule has 2 N–H and O–H groups in total. The SMILES string of the molecule is O=C(Nc1ccc(C(F)(F)F)cc1)c1ccc(Nc2c(F)cccc2F)nc1. The number of pyridine rings is 1. The van der Waals surface area contributed by atoms with E-state index in [4.69, 9.17) is 0 Å². The van der Waals surface area contributed by atoms with Crippen molar-refractivity contribution in [3.8, 4) is 0 Å². The highest BCUT2D eigenvalue weighted by Crippen LogP contribution is 2.30. The highest BCUT2D eigenvalue weighted by Gasteiger charge is 2.30. The van der Waals surface area contributed by atoms with E-state index in [9.17, 15) is 26.7 Å². The average molecular weight is 393 g/mol. The van der Waals surface area contributed by atoms with Gasteiger partial charge in [-0.1, -0.05) is 6.07 Å². The van der Waals surface area contributed by atoms with Gasteiger partial charge in [0.25, 0.3) is 5.91 Å². The molecule has 28 heavy (non-hydrogen) atoms. The van der Waals surface area contributed by atoms with Crippen molar-refractivity contribution in [1.29, 1.82) is 0 Å². The third-order valence-electron chi connectivity index (χ3n) is 3.71. The Labute approximate surface area is 156 Å². The maximum Gasteiger partial charge on any atom is 0.416 e. The minimum Gasteiger partial charge on any atom is -0.335 e. The number of alkyl halides is 3. The van der Waals surface area contributed by atoms with E-state index in [2.05, 4.69) is 15.6 Å². The van der Waals surface area contributed by atoms with Crippen LogP contribution in [-0.2, 0) is 6.18 Å². The third-order valence-corrected chi connectivity index (χ3v) is 3.71. The van der Waals surface area contributed by atoms with Crippen LogP contribution in [-0.4, -0.2) is 10.9 Å². The number of carbonyl (C=O) groups is 1. The van der Waals surface area contributed by atoms with Gasteiger partial charge < -0.3 is 10.6 Å². The summed E-state index contributed by atoms with van der Waals surface area (Å²) >= 11 is 0. The summed E-state index contributed by atoms with van der Waals surface area (Å²) in [6.07, 6.45) is -3.30. The van der Waals surface area contributed by atoms with Gasteiger partial charge in [-0.2, -0.15) is 13.2 Å². The summed E-state index contributed by atoms with van der Waals surface area (Å²) in [5, 5.41) is 4.91. The summed E-state index contributed by atoms with van der Waals surface area (Å²) in [6.45, 7) is 0. The number of nitrogens with one attached hydrogen (secondary N) is 2. The maximum atomic E-state index is 13.6. The first kappa shape index (κ1) is 19.3. The Morgan fingerprint density at radius 1 is 0.893 bits per heavy atom. The number of para-hydroxylation sites is 1. The molecule has 2 aromatic carbocycles. The van der Waals surface area contributed by atoms with Crippen molar-refractivity contribution in [3.05, 3.63) is 83.6 Å². The highest BCUT2D eigenvalue weighted by atomic mass is 19.4. The number of hydrogen-bond acceptors (Lipinski definition) is 3. The topological polar surface area (TPSA) is 54.0 Å². The maximum absolute atomic E-state index is 13.6. The second-order valence-electron chi connectivity index (χ2n) is 5.68. The Balaban J connectivity index is 1.68. The molecule has 0 atom stereocenters. The fourth-order valence-corrected chi connectivity index (χ4v) is 2.29. The van der Waals surface area contributed by atoms with Gasteiger partial charge in [0.15, 0.2) is 0 Å². The van der Waals surface area contributed by atoms with Crippen molar-refractivity contribution in [1.82, 2.24) is 4.98 Å². The molecule has 0 aliphatic heterocycles. The van der Waals surface area contributed by atoms with Crippen LogP contribution in [0.5, 0.6) is 0 Å². The van der Waals surface area contributed by atoms with E-state index in [1.165, 1.54) is 24.4 Å². The van der Waals surface area contributed by atoms with E-state index in [1.807, 2.05) is 0 Å². The number of rotatable bonds is 4. The molecule has 0 radical (unpaired) electrons. The number of halogens is 5. The molecule has 0 bridgehead atoms. The first-order valence-electron chi connectivity index (χ1n) is 7.90. The summed E-state index contributed by atoms with van der Waals surface area (Å²) in [4.78, 5) is 16.1. The molecule has 9 heteroatoms. The van der Waals surface area contributed by atoms with E-state index in [-0.39, 0.29) is 22.8 Å². The minimum atomic E-state index is -4.47. The fourth-order valence-electron chi connectivity index (χ4n) is 2.29. The van der Waals surface area contributed by atoms with Gasteiger partial charge in [-0.25, -0.2) is 13.8 Å². The molecule has 0 aliphatic rings. The van der Waals surface area contributed by atoms with Crippen molar-refractivity contribution in [2.45, 2.75) is 6.18 Å². The normalized spacial score (nSPS) is 11.2. The summed E-state index contributed by atoms with van der Waals surface area (Å²) < 4.78 is 64.9. The van der Waals surface area contributed by atoms with Crippen LogP contribution in [0.3, 0.4) is 0 Å². The molecule has 0 saturated carbocycles. The molecular weight excluding hydrogens is 381 g/mol. The molecule has 0 spiro atoms. The Morgan fingerprint density at radius 3 is 2.07 bits per heavy atom. The molecule has 0 aliphatic carbocycles. The zero-order valence-electron chi connectivity index (χ0n) is 14.0. The summed E-state index contributed by atoms with van der Waals surface area (Å²) in [6, 6.07) is 10.0. The van der Waals surface area contributed by atoms with Crippen molar-refractivity contribution in [2.24, 2.45) is 0 Å². The molecule has 3 aromatic rings. The van der Waals surface area contributed by atoms with Crippen LogP contribution in [0.1, 0.15) is 15.9 Å². The van der Waals surface area contributed by atoms with Gasteiger partial charge >= 0.3 is 6.18 Å². The smallest absolute Gasteiger partial charge is 0.335 e. The molecule has 0 fully saturated rings. The number of benzene rings is 2. The van der Waals surface area contributed by atoms with Gasteiger partial charge in [0, 0.05) is 11.9 Å². The average Bonchev–Trinajstić information content (AvgIpc) is 2.65. The van der Waals surface area contributed by atoms with Crippen LogP contribution in [0.25, 0.3) is 0 Å². The van der Waals surface area contributed by atoms with Crippen molar-refractivity contribution in [2.75, 3.05) is 10.6 Å². The molecule has 1 aromatic heterocycles. The van der Waals surface area contributed by atoms with E-state index < -0.39 is 29.3 Å². The lowest BCUT2D eigenvalue weighted by atomic mass is 10.2. The van der Waals surface area contributed by atoms with E-state index in [0.29, 0.717) is 0 Å². The molecule has 1 heterocycles. The van der Waals surface area contributed by atoms with Gasteiger partial charge in [0.05, 0.1) is 11.1 Å². The number of anilines is 3. The van der Waals surface area contributed by atoms with Crippen molar-refractivity contribution < 1.29 is 26.7 Å². The monoisotopic (exact) mass is 393 g/mol. The zero-order chi connectivity index (χ0) is 20.3. The number of aromatic nitrogens is 1. The van der Waals surface area contributed by atoms with Crippen molar-refractivity contribution in [3.63, 3.8) is 0 Å². The van der Waals surface area contributed by atoms with Gasteiger partial charge in [-0.3, -0.25) is 4.79 Å². The first-order valence-corrected chi connectivity index (χ1v) is 7.90. The van der Waals surface area contributed by atoms with Crippen molar-refractivity contribution >= 4 is 23.1 Å². The number of nitrogens with zero attached hydrogens (tertiary/aromatic N) is 1. The second-order valence-corrected chi connectivity index (χ2v) is 5.68. The molecule has 144 valence electrons. The molecule has 3 rings (SSSR count). The Bertz CT molecular complexity index is 966. The van der Waals surface area contributed by atoms with Gasteiger partial charge in [0.2, 0.25) is 0 Å². The summed E-state index contributed by atoms with van der Waals surface area (Å²) in [5.41, 5.74) is -0.923. The fraction of sp³-hybridized carbons (Fsp3) is 0.0526. The molecular formula is C19H12F5N3O. The lowest BCUT2D eigenvalue weighted by Gasteiger charge is -2.10.